The highest BCUT2D eigenvalue weighted by molar-refractivity contribution is 5.85. The van der Waals surface area contributed by atoms with Crippen LogP contribution in [0.25, 0.3) is 16.7 Å². The summed E-state index contributed by atoms with van der Waals surface area (Å²) in [4.78, 5) is 15.1. The van der Waals surface area contributed by atoms with Crippen LogP contribution >= 0.6 is 0 Å². The Kier molecular flexibility index (Phi) is 2.45. The van der Waals surface area contributed by atoms with Crippen molar-refractivity contribution in [3.8, 4) is 5.69 Å². The molecule has 0 amide bonds. The van der Waals surface area contributed by atoms with Crippen molar-refractivity contribution in [1.82, 2.24) is 9.55 Å². The summed E-state index contributed by atoms with van der Waals surface area (Å²) in [5, 5.41) is 0.973. The summed E-state index contributed by atoms with van der Waals surface area (Å²) in [5.74, 6) is 0. The lowest BCUT2D eigenvalue weighted by Crippen LogP contribution is -1.94. The Labute approximate surface area is 105 Å². The van der Waals surface area contributed by atoms with Crippen LogP contribution in [0, 0.1) is 6.92 Å². The van der Waals surface area contributed by atoms with Crippen LogP contribution in [0.4, 0.5) is 0 Å². The summed E-state index contributed by atoms with van der Waals surface area (Å²) in [6, 6.07) is 12.1. The van der Waals surface area contributed by atoms with E-state index in [1.54, 1.807) is 6.20 Å². The fourth-order valence-electron chi connectivity index (χ4n) is 2.09. The highest BCUT2D eigenvalue weighted by atomic mass is 16.1. The van der Waals surface area contributed by atoms with Gasteiger partial charge in [0.25, 0.3) is 0 Å². The highest BCUT2D eigenvalue weighted by Crippen LogP contribution is 2.19. The third kappa shape index (κ3) is 1.70. The number of nitrogens with zero attached hydrogens (tertiary/aromatic N) is 2. The SMILES string of the molecule is Cc1cccc(-n2ccc3cc(C=O)cnc32)c1. The van der Waals surface area contributed by atoms with E-state index in [-0.39, 0.29) is 0 Å². The van der Waals surface area contributed by atoms with E-state index < -0.39 is 0 Å². The average molecular weight is 236 g/mol. The molecule has 3 aromatic rings. The van der Waals surface area contributed by atoms with Gasteiger partial charge in [-0.2, -0.15) is 0 Å². The molecular weight excluding hydrogens is 224 g/mol. The fraction of sp³-hybridized carbons (Fsp3) is 0.0667. The highest BCUT2D eigenvalue weighted by Gasteiger charge is 2.05. The monoisotopic (exact) mass is 236 g/mol. The first kappa shape index (κ1) is 10.7. The Bertz CT molecular complexity index is 728. The fourth-order valence-corrected chi connectivity index (χ4v) is 2.09. The van der Waals surface area contributed by atoms with Gasteiger partial charge in [0.05, 0.1) is 0 Å². The minimum absolute atomic E-state index is 0.601. The van der Waals surface area contributed by atoms with E-state index >= 15 is 0 Å². The van der Waals surface area contributed by atoms with Gasteiger partial charge >= 0.3 is 0 Å². The largest absolute Gasteiger partial charge is 0.301 e. The second kappa shape index (κ2) is 4.11. The number of pyridine rings is 1. The van der Waals surface area contributed by atoms with Crippen molar-refractivity contribution in [2.45, 2.75) is 6.92 Å². The van der Waals surface area contributed by atoms with Crippen molar-refractivity contribution in [1.29, 1.82) is 0 Å². The molecule has 0 N–H and O–H groups in total. The molecule has 0 aliphatic heterocycles. The number of hydrogen-bond acceptors (Lipinski definition) is 2. The average Bonchev–Trinajstić information content (AvgIpc) is 2.81. The minimum Gasteiger partial charge on any atom is -0.301 e. The summed E-state index contributed by atoms with van der Waals surface area (Å²) >= 11 is 0. The lowest BCUT2D eigenvalue weighted by molar-refractivity contribution is 0.112. The first-order valence-electron chi connectivity index (χ1n) is 5.77. The molecule has 1 aromatic carbocycles. The van der Waals surface area contributed by atoms with E-state index in [1.165, 1.54) is 5.56 Å². The van der Waals surface area contributed by atoms with Gasteiger partial charge in [-0.1, -0.05) is 12.1 Å². The molecule has 0 spiro atoms. The molecule has 3 heteroatoms. The molecule has 0 aliphatic carbocycles. The van der Waals surface area contributed by atoms with Gasteiger partial charge in [0, 0.05) is 29.0 Å². The van der Waals surface area contributed by atoms with E-state index in [0.29, 0.717) is 5.56 Å². The molecule has 0 unspecified atom stereocenters. The summed E-state index contributed by atoms with van der Waals surface area (Å²) in [6.07, 6.45) is 4.39. The maximum Gasteiger partial charge on any atom is 0.151 e. The zero-order chi connectivity index (χ0) is 12.5. The standard InChI is InChI=1S/C15H12N2O/c1-11-3-2-4-14(7-11)17-6-5-13-8-12(10-18)9-16-15(13)17/h2-10H,1H3. The van der Waals surface area contributed by atoms with Gasteiger partial charge in [0.2, 0.25) is 0 Å². The predicted octanol–water partition coefficient (Wildman–Crippen LogP) is 3.15. The molecule has 0 saturated heterocycles. The van der Waals surface area contributed by atoms with Crippen LogP contribution in [-0.2, 0) is 0 Å². The quantitative estimate of drug-likeness (QED) is 0.641. The molecule has 3 rings (SSSR count). The number of carbonyl (C=O) groups is 1. The van der Waals surface area contributed by atoms with Crippen LogP contribution in [0.2, 0.25) is 0 Å². The Morgan fingerprint density at radius 3 is 2.89 bits per heavy atom. The molecule has 0 radical (unpaired) electrons. The molecular formula is C15H12N2O. The van der Waals surface area contributed by atoms with Crippen molar-refractivity contribution >= 4 is 17.3 Å². The van der Waals surface area contributed by atoms with Gasteiger partial charge in [0.1, 0.15) is 5.65 Å². The number of rotatable bonds is 2. The minimum atomic E-state index is 0.601. The zero-order valence-corrected chi connectivity index (χ0v) is 10.00. The molecule has 2 aromatic heterocycles. The van der Waals surface area contributed by atoms with Crippen molar-refractivity contribution in [2.24, 2.45) is 0 Å². The number of fused-ring (bicyclic) bond motifs is 1. The first-order chi connectivity index (χ1) is 8.78. The molecule has 0 bridgehead atoms. The van der Waals surface area contributed by atoms with Crippen LogP contribution in [0.15, 0.2) is 48.8 Å². The van der Waals surface area contributed by atoms with E-state index in [1.807, 2.05) is 35.0 Å². The topological polar surface area (TPSA) is 34.9 Å². The van der Waals surface area contributed by atoms with Gasteiger partial charge in [0.15, 0.2) is 6.29 Å². The van der Waals surface area contributed by atoms with E-state index in [9.17, 15) is 4.79 Å². The molecule has 18 heavy (non-hydrogen) atoms. The van der Waals surface area contributed by atoms with Crippen LogP contribution in [-0.4, -0.2) is 15.8 Å². The van der Waals surface area contributed by atoms with Crippen molar-refractivity contribution in [3.63, 3.8) is 0 Å². The van der Waals surface area contributed by atoms with Crippen molar-refractivity contribution in [3.05, 3.63) is 59.9 Å². The van der Waals surface area contributed by atoms with Crippen molar-refractivity contribution in [2.75, 3.05) is 0 Å². The number of aldehydes is 1. The maximum absolute atomic E-state index is 10.7. The van der Waals surface area contributed by atoms with E-state index in [2.05, 4.69) is 24.0 Å². The smallest absolute Gasteiger partial charge is 0.151 e. The van der Waals surface area contributed by atoms with E-state index in [4.69, 9.17) is 0 Å². The normalized spacial score (nSPS) is 10.7. The third-order valence-electron chi connectivity index (χ3n) is 2.96. The Morgan fingerprint density at radius 2 is 2.11 bits per heavy atom. The number of carbonyl (C=O) groups excluding carboxylic acids is 1. The van der Waals surface area contributed by atoms with Crippen LogP contribution < -0.4 is 0 Å². The number of aromatic nitrogens is 2. The maximum atomic E-state index is 10.7. The number of hydrogen-bond donors (Lipinski definition) is 0. The van der Waals surface area contributed by atoms with Gasteiger partial charge in [-0.25, -0.2) is 4.98 Å². The van der Waals surface area contributed by atoms with E-state index in [0.717, 1.165) is 23.0 Å². The molecule has 88 valence electrons. The van der Waals surface area contributed by atoms with Gasteiger partial charge < -0.3 is 4.57 Å². The van der Waals surface area contributed by atoms with Gasteiger partial charge in [-0.3, -0.25) is 4.79 Å². The second-order valence-electron chi connectivity index (χ2n) is 4.32. The van der Waals surface area contributed by atoms with Gasteiger partial charge in [-0.15, -0.1) is 0 Å². The second-order valence-corrected chi connectivity index (χ2v) is 4.32. The predicted molar refractivity (Wildman–Crippen MR) is 71.2 cm³/mol. The summed E-state index contributed by atoms with van der Waals surface area (Å²) < 4.78 is 2.02. The molecule has 0 saturated carbocycles. The number of benzene rings is 1. The van der Waals surface area contributed by atoms with Crippen LogP contribution in [0.3, 0.4) is 0 Å². The Hall–Kier alpha value is -2.42. The zero-order valence-electron chi connectivity index (χ0n) is 10.00. The van der Waals surface area contributed by atoms with Crippen LogP contribution in [0.1, 0.15) is 15.9 Å². The van der Waals surface area contributed by atoms with Crippen molar-refractivity contribution < 1.29 is 4.79 Å². The molecule has 0 aliphatic rings. The first-order valence-corrected chi connectivity index (χ1v) is 5.77. The van der Waals surface area contributed by atoms with Gasteiger partial charge in [-0.05, 0) is 36.8 Å². The molecule has 3 nitrogen and oxygen atoms in total. The summed E-state index contributed by atoms with van der Waals surface area (Å²) in [6.45, 7) is 2.06. The number of aryl methyl sites for hydroxylation is 1. The lowest BCUT2D eigenvalue weighted by atomic mass is 10.2. The van der Waals surface area contributed by atoms with Crippen LogP contribution in [0.5, 0.6) is 0 Å². The third-order valence-corrected chi connectivity index (χ3v) is 2.96. The molecule has 0 fully saturated rings. The lowest BCUT2D eigenvalue weighted by Gasteiger charge is -2.05. The summed E-state index contributed by atoms with van der Waals surface area (Å²) in [7, 11) is 0. The molecule has 0 atom stereocenters. The Morgan fingerprint density at radius 1 is 1.22 bits per heavy atom. The Balaban J connectivity index is 2.21. The summed E-state index contributed by atoms with van der Waals surface area (Å²) in [5.41, 5.74) is 3.76. The molecule has 2 heterocycles.